The van der Waals surface area contributed by atoms with Crippen molar-refractivity contribution < 1.29 is 13.9 Å². The fraction of sp³-hybridized carbons (Fsp3) is 0.500. The summed E-state index contributed by atoms with van der Waals surface area (Å²) >= 11 is 0. The second-order valence-electron chi connectivity index (χ2n) is 0.706. The number of carbonyl (C=O) groups excluding carboxylic acids is 1. The van der Waals surface area contributed by atoms with Gasteiger partial charge in [0.1, 0.15) is 0 Å². The van der Waals surface area contributed by atoms with Gasteiger partial charge in [0, 0.05) is 6.92 Å². The Hall–Kier alpha value is -0.300. The predicted molar refractivity (Wildman–Crippen MR) is 22.2 cm³/mol. The standard InChI is InChI=1S/C2H5O3P/c1-2(3)5-6-4/h6H2,1H3. The highest BCUT2D eigenvalue weighted by molar-refractivity contribution is 7.18. The van der Waals surface area contributed by atoms with Crippen molar-refractivity contribution in [1.29, 1.82) is 0 Å². The molecular formula is C2H5O3P. The topological polar surface area (TPSA) is 43.4 Å². The van der Waals surface area contributed by atoms with Crippen molar-refractivity contribution in [2.75, 3.05) is 0 Å². The summed E-state index contributed by atoms with van der Waals surface area (Å²) in [5.41, 5.74) is 0. The lowest BCUT2D eigenvalue weighted by Crippen LogP contribution is -1.83. The fourth-order valence-corrected chi connectivity index (χ4v) is 0.203. The SMILES string of the molecule is CC(=O)O[PH2]=O. The molecule has 0 bridgehead atoms. The van der Waals surface area contributed by atoms with Crippen LogP contribution in [-0.4, -0.2) is 5.97 Å². The molecule has 0 aliphatic heterocycles. The van der Waals surface area contributed by atoms with Crippen molar-refractivity contribution in [3.05, 3.63) is 0 Å². The van der Waals surface area contributed by atoms with Crippen molar-refractivity contribution in [2.24, 2.45) is 0 Å². The minimum atomic E-state index is -1.35. The van der Waals surface area contributed by atoms with Gasteiger partial charge >= 0.3 is 5.97 Å². The molecule has 4 heteroatoms. The molecule has 0 amide bonds. The van der Waals surface area contributed by atoms with Crippen molar-refractivity contribution in [3.8, 4) is 0 Å². The van der Waals surface area contributed by atoms with Crippen LogP contribution in [0, 0.1) is 0 Å². The van der Waals surface area contributed by atoms with Gasteiger partial charge in [-0.05, 0) is 0 Å². The van der Waals surface area contributed by atoms with Crippen molar-refractivity contribution in [1.82, 2.24) is 0 Å². The summed E-state index contributed by atoms with van der Waals surface area (Å²) in [6.07, 6.45) is 0. The third-order valence-electron chi connectivity index (χ3n) is 0.214. The van der Waals surface area contributed by atoms with E-state index in [0.717, 1.165) is 0 Å². The first-order valence-corrected chi connectivity index (χ1v) is 2.32. The molecule has 3 nitrogen and oxygen atoms in total. The quantitative estimate of drug-likeness (QED) is 0.451. The molecular weight excluding hydrogens is 103 g/mol. The van der Waals surface area contributed by atoms with E-state index in [2.05, 4.69) is 4.52 Å². The van der Waals surface area contributed by atoms with E-state index in [9.17, 15) is 9.36 Å². The Labute approximate surface area is 36.6 Å². The first-order valence-electron chi connectivity index (χ1n) is 1.38. The highest BCUT2D eigenvalue weighted by Crippen LogP contribution is 1.91. The molecule has 0 saturated carbocycles. The van der Waals surface area contributed by atoms with Crippen LogP contribution in [0.4, 0.5) is 0 Å². The molecule has 0 aliphatic rings. The molecule has 1 atom stereocenters. The minimum Gasteiger partial charge on any atom is -0.417 e. The molecule has 1 unspecified atom stereocenters. The molecule has 0 N–H and O–H groups in total. The molecule has 0 aromatic carbocycles. The van der Waals surface area contributed by atoms with Crippen LogP contribution in [0.5, 0.6) is 0 Å². The number of rotatable bonds is 1. The summed E-state index contributed by atoms with van der Waals surface area (Å²) in [5.74, 6) is -0.486. The molecule has 0 heterocycles. The molecule has 0 aliphatic carbocycles. The first kappa shape index (κ1) is 5.70. The Bertz CT molecular complexity index is 69.2. The van der Waals surface area contributed by atoms with Crippen molar-refractivity contribution in [2.45, 2.75) is 6.92 Å². The van der Waals surface area contributed by atoms with Gasteiger partial charge in [0.15, 0.2) is 0 Å². The Morgan fingerprint density at radius 3 is 2.33 bits per heavy atom. The van der Waals surface area contributed by atoms with Gasteiger partial charge in [-0.2, -0.15) is 0 Å². The third kappa shape index (κ3) is 3.70. The fourth-order valence-electron chi connectivity index (χ4n) is 0.0678. The van der Waals surface area contributed by atoms with E-state index in [1.54, 1.807) is 0 Å². The number of carbonyl (C=O) groups is 1. The van der Waals surface area contributed by atoms with E-state index in [-0.39, 0.29) is 0 Å². The normalized spacial score (nSPS) is 9.50. The van der Waals surface area contributed by atoms with Crippen LogP contribution in [0.25, 0.3) is 0 Å². The Morgan fingerprint density at radius 2 is 2.33 bits per heavy atom. The first-order chi connectivity index (χ1) is 2.77. The summed E-state index contributed by atoms with van der Waals surface area (Å²) in [7, 11) is -1.35. The molecule has 0 aromatic heterocycles. The van der Waals surface area contributed by atoms with Crippen LogP contribution >= 0.6 is 8.69 Å². The van der Waals surface area contributed by atoms with Gasteiger partial charge in [0.25, 0.3) is 0 Å². The van der Waals surface area contributed by atoms with E-state index < -0.39 is 14.7 Å². The van der Waals surface area contributed by atoms with Crippen molar-refractivity contribution in [3.63, 3.8) is 0 Å². The maximum atomic E-state index is 9.64. The Balaban J connectivity index is 3.05. The maximum absolute atomic E-state index is 9.64. The van der Waals surface area contributed by atoms with Crippen LogP contribution in [0.2, 0.25) is 0 Å². The Kier molecular flexibility index (Phi) is 2.77. The summed E-state index contributed by atoms with van der Waals surface area (Å²) in [5, 5.41) is 0. The highest BCUT2D eigenvalue weighted by atomic mass is 31.1. The summed E-state index contributed by atoms with van der Waals surface area (Å²) in [6.45, 7) is 1.21. The molecule has 0 saturated heterocycles. The van der Waals surface area contributed by atoms with Crippen LogP contribution in [-0.2, 0) is 13.9 Å². The largest absolute Gasteiger partial charge is 0.417 e. The summed E-state index contributed by atoms with van der Waals surface area (Å²) in [4.78, 5) is 9.64. The lowest BCUT2D eigenvalue weighted by Gasteiger charge is -1.80. The minimum absolute atomic E-state index is 0.486. The van der Waals surface area contributed by atoms with Crippen molar-refractivity contribution >= 4 is 14.7 Å². The van der Waals surface area contributed by atoms with Crippen LogP contribution < -0.4 is 0 Å². The summed E-state index contributed by atoms with van der Waals surface area (Å²) in [6, 6.07) is 0. The van der Waals surface area contributed by atoms with Crippen LogP contribution in [0.3, 0.4) is 0 Å². The van der Waals surface area contributed by atoms with Gasteiger partial charge in [0.2, 0.25) is 8.69 Å². The van der Waals surface area contributed by atoms with Gasteiger partial charge in [-0.3, -0.25) is 9.36 Å². The van der Waals surface area contributed by atoms with E-state index >= 15 is 0 Å². The van der Waals surface area contributed by atoms with E-state index in [1.807, 2.05) is 0 Å². The van der Waals surface area contributed by atoms with Gasteiger partial charge in [-0.15, -0.1) is 0 Å². The average molecular weight is 108 g/mol. The second kappa shape index (κ2) is 2.91. The second-order valence-corrected chi connectivity index (χ2v) is 1.13. The zero-order valence-electron chi connectivity index (χ0n) is 3.30. The number of hydrogen-bond acceptors (Lipinski definition) is 3. The van der Waals surface area contributed by atoms with E-state index in [4.69, 9.17) is 0 Å². The molecule has 0 rings (SSSR count). The summed E-state index contributed by atoms with van der Waals surface area (Å²) < 4.78 is 13.3. The molecule has 0 radical (unpaired) electrons. The van der Waals surface area contributed by atoms with Gasteiger partial charge in [-0.1, -0.05) is 0 Å². The van der Waals surface area contributed by atoms with E-state index in [0.29, 0.717) is 0 Å². The highest BCUT2D eigenvalue weighted by Gasteiger charge is 1.80. The number of hydrogen-bond donors (Lipinski definition) is 0. The third-order valence-corrected chi connectivity index (χ3v) is 0.642. The van der Waals surface area contributed by atoms with E-state index in [1.165, 1.54) is 6.92 Å². The monoisotopic (exact) mass is 108 g/mol. The maximum Gasteiger partial charge on any atom is 0.307 e. The molecule has 0 spiro atoms. The zero-order chi connectivity index (χ0) is 4.99. The zero-order valence-corrected chi connectivity index (χ0v) is 4.46. The predicted octanol–water partition coefficient (Wildman–Crippen LogP) is 0.221. The van der Waals surface area contributed by atoms with Crippen LogP contribution in [0.1, 0.15) is 6.92 Å². The Morgan fingerprint density at radius 1 is 1.83 bits per heavy atom. The van der Waals surface area contributed by atoms with Gasteiger partial charge in [0.05, 0.1) is 0 Å². The van der Waals surface area contributed by atoms with Gasteiger partial charge < -0.3 is 4.52 Å². The van der Waals surface area contributed by atoms with Crippen LogP contribution in [0.15, 0.2) is 0 Å². The smallest absolute Gasteiger partial charge is 0.307 e. The van der Waals surface area contributed by atoms with Gasteiger partial charge in [-0.25, -0.2) is 0 Å². The molecule has 0 fully saturated rings. The lowest BCUT2D eigenvalue weighted by molar-refractivity contribution is -0.131. The average Bonchev–Trinajstić information content (AvgIpc) is 1.35. The lowest BCUT2D eigenvalue weighted by atomic mass is 10.9. The molecule has 0 aromatic rings. The molecule has 36 valence electrons. The molecule has 6 heavy (non-hydrogen) atoms.